The molecule has 5 rings (SSSR count). The van der Waals surface area contributed by atoms with Crippen LogP contribution < -0.4 is 10.6 Å². The number of hydrogen-bond acceptors (Lipinski definition) is 5. The van der Waals surface area contributed by atoms with Crippen molar-refractivity contribution in [2.75, 3.05) is 18.5 Å². The molecule has 3 aromatic rings. The number of nitrogens with one attached hydrogen (secondary N) is 2. The van der Waals surface area contributed by atoms with Gasteiger partial charge in [-0.1, -0.05) is 36.4 Å². The van der Waals surface area contributed by atoms with Crippen molar-refractivity contribution in [2.45, 2.75) is 37.0 Å². The Morgan fingerprint density at radius 1 is 1.16 bits per heavy atom. The average Bonchev–Trinajstić information content (AvgIpc) is 3.52. The van der Waals surface area contributed by atoms with Gasteiger partial charge in [0.15, 0.2) is 0 Å². The molecule has 1 saturated heterocycles. The summed E-state index contributed by atoms with van der Waals surface area (Å²) in [5.41, 5.74) is 2.55. The van der Waals surface area contributed by atoms with Crippen molar-refractivity contribution in [1.29, 1.82) is 0 Å². The lowest BCUT2D eigenvalue weighted by Crippen LogP contribution is -2.34. The fourth-order valence-electron chi connectivity index (χ4n) is 4.14. The number of carbonyl (C=O) groups excluding carboxylic acids is 2. The molecule has 0 radical (unpaired) electrons. The molecule has 0 bridgehead atoms. The first-order chi connectivity index (χ1) is 15.2. The van der Waals surface area contributed by atoms with Crippen LogP contribution in [0.4, 0.5) is 5.82 Å². The molecule has 8 heteroatoms. The van der Waals surface area contributed by atoms with E-state index in [0.29, 0.717) is 17.9 Å². The molecular formula is C23H24N4O3S. The van der Waals surface area contributed by atoms with E-state index in [1.807, 2.05) is 42.5 Å². The number of amides is 2. The molecule has 31 heavy (non-hydrogen) atoms. The van der Waals surface area contributed by atoms with Gasteiger partial charge in [-0.05, 0) is 29.7 Å². The molecular weight excluding hydrogens is 412 g/mol. The van der Waals surface area contributed by atoms with Gasteiger partial charge in [-0.2, -0.15) is 16.9 Å². The Bertz CT molecular complexity index is 1130. The maximum absolute atomic E-state index is 13.2. The van der Waals surface area contributed by atoms with Crippen molar-refractivity contribution in [2.24, 2.45) is 0 Å². The third-order valence-electron chi connectivity index (χ3n) is 5.73. The number of rotatable bonds is 6. The van der Waals surface area contributed by atoms with Crippen molar-refractivity contribution in [3.8, 4) is 0 Å². The van der Waals surface area contributed by atoms with Crippen molar-refractivity contribution >= 4 is 40.2 Å². The Hall–Kier alpha value is -2.84. The van der Waals surface area contributed by atoms with Gasteiger partial charge < -0.3 is 15.4 Å². The Morgan fingerprint density at radius 3 is 2.90 bits per heavy atom. The number of hydrogen-bond donors (Lipinski definition) is 2. The minimum atomic E-state index is -0.197. The quantitative estimate of drug-likeness (QED) is 0.619. The van der Waals surface area contributed by atoms with E-state index in [0.717, 1.165) is 53.0 Å². The first kappa shape index (κ1) is 20.1. The topological polar surface area (TPSA) is 85.2 Å². The summed E-state index contributed by atoms with van der Waals surface area (Å²) >= 11 is 1.76. The molecule has 1 aromatic heterocycles. The lowest BCUT2D eigenvalue weighted by Gasteiger charge is -2.14. The van der Waals surface area contributed by atoms with Gasteiger partial charge in [0.25, 0.3) is 5.91 Å². The van der Waals surface area contributed by atoms with Crippen molar-refractivity contribution < 1.29 is 14.3 Å². The van der Waals surface area contributed by atoms with Crippen LogP contribution in [-0.4, -0.2) is 40.9 Å². The SMILES string of the molecule is O=C(Cn1nc2c(c1NC(=O)c1cccc3ccccc13)CSC2)NC[C@@H]1CCCO1. The molecule has 0 spiro atoms. The molecule has 2 amide bonds. The number of ether oxygens (including phenoxy) is 1. The standard InChI is InChI=1S/C23H24N4O3S/c28-21(24-11-16-7-4-10-30-16)12-27-22(19-13-31-14-20(19)26-27)25-23(29)18-9-3-6-15-5-1-2-8-17(15)18/h1-3,5-6,8-9,16H,4,7,10-14H2,(H,24,28)(H,25,29)/t16-/m0/s1. The van der Waals surface area contributed by atoms with E-state index in [4.69, 9.17) is 4.74 Å². The van der Waals surface area contributed by atoms with Gasteiger partial charge >= 0.3 is 0 Å². The lowest BCUT2D eigenvalue weighted by molar-refractivity contribution is -0.122. The Labute approximate surface area is 184 Å². The fourth-order valence-corrected chi connectivity index (χ4v) is 5.18. The van der Waals surface area contributed by atoms with Crippen LogP contribution in [0.5, 0.6) is 0 Å². The van der Waals surface area contributed by atoms with Gasteiger partial charge in [0, 0.05) is 35.8 Å². The number of thioether (sulfide) groups is 1. The molecule has 3 heterocycles. The van der Waals surface area contributed by atoms with Crippen molar-refractivity contribution in [3.05, 3.63) is 59.3 Å². The monoisotopic (exact) mass is 436 g/mol. The highest BCUT2D eigenvalue weighted by molar-refractivity contribution is 7.98. The second kappa shape index (κ2) is 8.72. The van der Waals surface area contributed by atoms with Crippen molar-refractivity contribution in [1.82, 2.24) is 15.1 Å². The average molecular weight is 437 g/mol. The Morgan fingerprint density at radius 2 is 2.03 bits per heavy atom. The van der Waals surface area contributed by atoms with Crippen LogP contribution >= 0.6 is 11.8 Å². The predicted octanol–water partition coefficient (Wildman–Crippen LogP) is 3.33. The molecule has 1 atom stereocenters. The Balaban J connectivity index is 1.36. The molecule has 0 aliphatic carbocycles. The third kappa shape index (κ3) is 4.18. The second-order valence-electron chi connectivity index (χ2n) is 7.84. The van der Waals surface area contributed by atoms with E-state index in [-0.39, 0.29) is 24.5 Å². The maximum atomic E-state index is 13.2. The molecule has 2 aliphatic heterocycles. The molecule has 7 nitrogen and oxygen atoms in total. The van der Waals surface area contributed by atoms with Crippen molar-refractivity contribution in [3.63, 3.8) is 0 Å². The number of aromatic nitrogens is 2. The van der Waals surface area contributed by atoms with Crippen LogP contribution in [0.3, 0.4) is 0 Å². The molecule has 2 aliphatic rings. The van der Waals surface area contributed by atoms with E-state index in [1.54, 1.807) is 16.4 Å². The lowest BCUT2D eigenvalue weighted by atomic mass is 10.0. The maximum Gasteiger partial charge on any atom is 0.257 e. The minimum absolute atomic E-state index is 0.0650. The molecule has 0 unspecified atom stereocenters. The Kier molecular flexibility index (Phi) is 5.65. The summed E-state index contributed by atoms with van der Waals surface area (Å²) in [6.45, 7) is 1.33. The first-order valence-corrected chi connectivity index (χ1v) is 11.7. The zero-order valence-corrected chi connectivity index (χ0v) is 17.9. The van der Waals surface area contributed by atoms with Crippen LogP contribution in [0.15, 0.2) is 42.5 Å². The summed E-state index contributed by atoms with van der Waals surface area (Å²) in [6, 6.07) is 13.5. The molecule has 0 saturated carbocycles. The summed E-state index contributed by atoms with van der Waals surface area (Å²) in [4.78, 5) is 25.7. The van der Waals surface area contributed by atoms with Gasteiger partial charge in [0.1, 0.15) is 12.4 Å². The highest BCUT2D eigenvalue weighted by Gasteiger charge is 2.26. The minimum Gasteiger partial charge on any atom is -0.376 e. The third-order valence-corrected chi connectivity index (χ3v) is 6.70. The van der Waals surface area contributed by atoms with Crippen LogP contribution in [0.25, 0.3) is 10.8 Å². The van der Waals surface area contributed by atoms with Crippen LogP contribution in [0.2, 0.25) is 0 Å². The number of fused-ring (bicyclic) bond motifs is 2. The molecule has 1 fully saturated rings. The zero-order valence-electron chi connectivity index (χ0n) is 17.1. The smallest absolute Gasteiger partial charge is 0.257 e. The highest BCUT2D eigenvalue weighted by atomic mass is 32.2. The van der Waals surface area contributed by atoms with Gasteiger partial charge in [-0.25, -0.2) is 4.68 Å². The van der Waals surface area contributed by atoms with E-state index in [9.17, 15) is 9.59 Å². The van der Waals surface area contributed by atoms with E-state index >= 15 is 0 Å². The highest BCUT2D eigenvalue weighted by Crippen LogP contribution is 2.35. The number of anilines is 1. The second-order valence-corrected chi connectivity index (χ2v) is 8.83. The zero-order chi connectivity index (χ0) is 21.2. The fraction of sp³-hybridized carbons (Fsp3) is 0.348. The molecule has 2 aromatic carbocycles. The summed E-state index contributed by atoms with van der Waals surface area (Å²) in [5.74, 6) is 1.85. The van der Waals surface area contributed by atoms with E-state index < -0.39 is 0 Å². The molecule has 160 valence electrons. The van der Waals surface area contributed by atoms with Crippen LogP contribution in [-0.2, 0) is 27.6 Å². The number of benzene rings is 2. The van der Waals surface area contributed by atoms with E-state index in [2.05, 4.69) is 15.7 Å². The summed E-state index contributed by atoms with van der Waals surface area (Å²) in [5, 5.41) is 12.5. The number of carbonyl (C=O) groups is 2. The summed E-state index contributed by atoms with van der Waals surface area (Å²) in [7, 11) is 0. The molecule has 2 N–H and O–H groups in total. The largest absolute Gasteiger partial charge is 0.376 e. The van der Waals surface area contributed by atoms with Gasteiger partial charge in [-0.3, -0.25) is 9.59 Å². The van der Waals surface area contributed by atoms with Gasteiger partial charge in [-0.15, -0.1) is 0 Å². The van der Waals surface area contributed by atoms with Gasteiger partial charge in [0.2, 0.25) is 5.91 Å². The van der Waals surface area contributed by atoms with Crippen LogP contribution in [0, 0.1) is 0 Å². The van der Waals surface area contributed by atoms with E-state index in [1.165, 1.54) is 0 Å². The normalized spacial score (nSPS) is 17.6. The summed E-state index contributed by atoms with van der Waals surface area (Å²) < 4.78 is 7.19. The predicted molar refractivity (Wildman–Crippen MR) is 121 cm³/mol. The van der Waals surface area contributed by atoms with Gasteiger partial charge in [0.05, 0.1) is 11.8 Å². The first-order valence-electron chi connectivity index (χ1n) is 10.5. The summed E-state index contributed by atoms with van der Waals surface area (Å²) in [6.07, 6.45) is 2.10. The number of nitrogens with zero attached hydrogens (tertiary/aromatic N) is 2. The van der Waals surface area contributed by atoms with Crippen LogP contribution in [0.1, 0.15) is 34.5 Å².